The Morgan fingerprint density at radius 2 is 1.84 bits per heavy atom. The number of rotatable bonds is 4. The zero-order valence-electron chi connectivity index (χ0n) is 14.8. The molecule has 25 heavy (non-hydrogen) atoms. The summed E-state index contributed by atoms with van der Waals surface area (Å²) in [7, 11) is 1.85. The maximum Gasteiger partial charge on any atom is 0.150 e. The van der Waals surface area contributed by atoms with Gasteiger partial charge in [0, 0.05) is 25.1 Å². The van der Waals surface area contributed by atoms with Gasteiger partial charge in [0.05, 0.1) is 12.0 Å². The molecule has 3 unspecified atom stereocenters. The molecule has 0 bridgehead atoms. The Morgan fingerprint density at radius 1 is 1.12 bits per heavy atom. The van der Waals surface area contributed by atoms with Crippen molar-refractivity contribution in [2.45, 2.75) is 25.2 Å². The fourth-order valence-corrected chi connectivity index (χ4v) is 4.45. The second-order valence-electron chi connectivity index (χ2n) is 6.77. The molecule has 3 atom stereocenters. The summed E-state index contributed by atoms with van der Waals surface area (Å²) in [6.45, 7) is 2.68. The molecular formula is C23H23NO. The minimum absolute atomic E-state index is 0.236. The summed E-state index contributed by atoms with van der Waals surface area (Å²) >= 11 is 0. The Morgan fingerprint density at radius 3 is 2.56 bits per heavy atom. The van der Waals surface area contributed by atoms with E-state index < -0.39 is 0 Å². The second-order valence-corrected chi connectivity index (χ2v) is 6.77. The Bertz CT molecular complexity index is 861. The van der Waals surface area contributed by atoms with Crippen molar-refractivity contribution in [3.8, 4) is 0 Å². The minimum Gasteiger partial charge on any atom is -0.489 e. The van der Waals surface area contributed by atoms with Crippen molar-refractivity contribution in [3.05, 3.63) is 88.9 Å². The third kappa shape index (κ3) is 2.45. The van der Waals surface area contributed by atoms with Crippen molar-refractivity contribution < 1.29 is 4.74 Å². The number of hydrogen-bond acceptors (Lipinski definition) is 2. The molecule has 2 heteroatoms. The van der Waals surface area contributed by atoms with Gasteiger partial charge >= 0.3 is 0 Å². The van der Waals surface area contributed by atoms with E-state index >= 15 is 0 Å². The van der Waals surface area contributed by atoms with Gasteiger partial charge in [0.1, 0.15) is 0 Å². The smallest absolute Gasteiger partial charge is 0.150 e. The van der Waals surface area contributed by atoms with E-state index in [1.807, 2.05) is 14.0 Å². The van der Waals surface area contributed by atoms with Crippen LogP contribution in [0.25, 0.3) is 0 Å². The lowest BCUT2D eigenvalue weighted by Gasteiger charge is -2.43. The van der Waals surface area contributed by atoms with Gasteiger partial charge in [-0.3, -0.25) is 4.99 Å². The van der Waals surface area contributed by atoms with Crippen molar-refractivity contribution in [3.63, 3.8) is 0 Å². The van der Waals surface area contributed by atoms with Crippen molar-refractivity contribution in [2.24, 2.45) is 10.4 Å². The predicted octanol–water partition coefficient (Wildman–Crippen LogP) is 5.08. The molecule has 0 N–H and O–H groups in total. The third-order valence-electron chi connectivity index (χ3n) is 5.46. The van der Waals surface area contributed by atoms with Gasteiger partial charge in [-0.1, -0.05) is 60.3 Å². The molecule has 4 rings (SSSR count). The Balaban J connectivity index is 1.90. The van der Waals surface area contributed by atoms with Crippen LogP contribution in [-0.4, -0.2) is 19.9 Å². The average Bonchev–Trinajstić information content (AvgIpc) is 3.01. The van der Waals surface area contributed by atoms with Gasteiger partial charge in [-0.25, -0.2) is 0 Å². The standard InChI is InChI=1S/C23H23NO/c1-3-25-22-14-13-21-19-12-8-7-11-18(19)20(15-23(21,22)16-24-2)17-9-5-4-6-10-17/h4-13,16,20-21H,3,15H2,1-2H3/b24-16+. The van der Waals surface area contributed by atoms with Crippen LogP contribution in [0.3, 0.4) is 0 Å². The molecule has 2 aliphatic carbocycles. The molecule has 0 heterocycles. The molecule has 2 aliphatic rings. The number of allylic oxidation sites excluding steroid dienone is 1. The van der Waals surface area contributed by atoms with Crippen LogP contribution in [0, 0.1) is 5.41 Å². The lowest BCUT2D eigenvalue weighted by Crippen LogP contribution is -2.37. The zero-order valence-corrected chi connectivity index (χ0v) is 14.8. The molecule has 0 saturated heterocycles. The normalized spacial score (nSPS) is 27.0. The van der Waals surface area contributed by atoms with Crippen LogP contribution in [0.4, 0.5) is 0 Å². The van der Waals surface area contributed by atoms with Crippen LogP contribution in [-0.2, 0) is 4.74 Å². The maximum absolute atomic E-state index is 6.01. The molecule has 0 amide bonds. The number of aliphatic imine (C=N–C) groups is 1. The number of nitrogens with zero attached hydrogens (tertiary/aromatic N) is 1. The highest BCUT2D eigenvalue weighted by atomic mass is 16.5. The van der Waals surface area contributed by atoms with Crippen molar-refractivity contribution in [1.29, 1.82) is 0 Å². The van der Waals surface area contributed by atoms with Gasteiger partial charge in [0.25, 0.3) is 0 Å². The summed E-state index contributed by atoms with van der Waals surface area (Å²) in [5.74, 6) is 1.50. The fraction of sp³-hybridized carbons (Fsp3) is 0.304. The van der Waals surface area contributed by atoms with E-state index in [0.29, 0.717) is 12.5 Å². The first-order chi connectivity index (χ1) is 12.3. The molecule has 0 aromatic heterocycles. The van der Waals surface area contributed by atoms with Gasteiger partial charge < -0.3 is 4.74 Å². The quantitative estimate of drug-likeness (QED) is 0.566. The maximum atomic E-state index is 6.01. The zero-order chi connectivity index (χ0) is 17.3. The van der Waals surface area contributed by atoms with E-state index in [-0.39, 0.29) is 11.3 Å². The largest absolute Gasteiger partial charge is 0.489 e. The molecule has 2 aromatic rings. The summed E-state index contributed by atoms with van der Waals surface area (Å²) in [5.41, 5.74) is 7.30. The average molecular weight is 329 g/mol. The topological polar surface area (TPSA) is 21.6 Å². The molecule has 0 radical (unpaired) electrons. The molecule has 0 aliphatic heterocycles. The highest BCUT2D eigenvalue weighted by molar-refractivity contribution is 5.76. The first kappa shape index (κ1) is 15.9. The van der Waals surface area contributed by atoms with Crippen LogP contribution < -0.4 is 0 Å². The SMILES string of the molecule is CCOC1=C=CC2c3ccccc3C(c3ccccc3)CC12/C=N/C. The van der Waals surface area contributed by atoms with Crippen molar-refractivity contribution >= 4 is 6.21 Å². The van der Waals surface area contributed by atoms with Crippen molar-refractivity contribution in [1.82, 2.24) is 0 Å². The van der Waals surface area contributed by atoms with Crippen LogP contribution in [0.5, 0.6) is 0 Å². The van der Waals surface area contributed by atoms with Crippen LogP contribution in [0.2, 0.25) is 0 Å². The first-order valence-corrected chi connectivity index (χ1v) is 8.97. The van der Waals surface area contributed by atoms with Gasteiger partial charge in [0.2, 0.25) is 0 Å². The fourth-order valence-electron chi connectivity index (χ4n) is 4.45. The molecule has 126 valence electrons. The predicted molar refractivity (Wildman–Crippen MR) is 102 cm³/mol. The lowest BCUT2D eigenvalue weighted by molar-refractivity contribution is 0.158. The molecule has 0 spiro atoms. The molecule has 0 saturated carbocycles. The first-order valence-electron chi connectivity index (χ1n) is 8.97. The molecule has 0 fully saturated rings. The summed E-state index contributed by atoms with van der Waals surface area (Å²) in [6, 6.07) is 19.6. The summed E-state index contributed by atoms with van der Waals surface area (Å²) < 4.78 is 6.01. The van der Waals surface area contributed by atoms with E-state index in [9.17, 15) is 0 Å². The van der Waals surface area contributed by atoms with E-state index in [0.717, 1.165) is 12.2 Å². The molecular weight excluding hydrogens is 306 g/mol. The van der Waals surface area contributed by atoms with E-state index in [1.54, 1.807) is 0 Å². The number of hydrogen-bond donors (Lipinski definition) is 0. The number of fused-ring (bicyclic) bond motifs is 3. The lowest BCUT2D eigenvalue weighted by atomic mass is 9.60. The Hall–Kier alpha value is -2.57. The minimum atomic E-state index is -0.236. The summed E-state index contributed by atoms with van der Waals surface area (Å²) in [6.07, 6.45) is 5.21. The monoisotopic (exact) mass is 329 g/mol. The van der Waals surface area contributed by atoms with Gasteiger partial charge in [-0.15, -0.1) is 0 Å². The van der Waals surface area contributed by atoms with Gasteiger partial charge in [-0.2, -0.15) is 0 Å². The third-order valence-corrected chi connectivity index (χ3v) is 5.46. The van der Waals surface area contributed by atoms with Crippen molar-refractivity contribution in [2.75, 3.05) is 13.7 Å². The van der Waals surface area contributed by atoms with E-state index in [4.69, 9.17) is 4.74 Å². The van der Waals surface area contributed by atoms with Crippen LogP contribution >= 0.6 is 0 Å². The highest BCUT2D eigenvalue weighted by Crippen LogP contribution is 2.57. The Kier molecular flexibility index (Phi) is 4.07. The highest BCUT2D eigenvalue weighted by Gasteiger charge is 2.51. The molecule has 2 aromatic carbocycles. The number of benzene rings is 2. The summed E-state index contributed by atoms with van der Waals surface area (Å²) in [5, 5.41) is 0. The van der Waals surface area contributed by atoms with Crippen LogP contribution in [0.15, 0.2) is 77.2 Å². The Labute approximate surface area is 149 Å². The second kappa shape index (κ2) is 6.38. The van der Waals surface area contributed by atoms with Gasteiger partial charge in [0.15, 0.2) is 5.76 Å². The van der Waals surface area contributed by atoms with Crippen LogP contribution in [0.1, 0.15) is 41.9 Å². The number of ether oxygens (including phenoxy) is 1. The molecule has 2 nitrogen and oxygen atoms in total. The van der Waals surface area contributed by atoms with E-state index in [2.05, 4.69) is 77.6 Å². The summed E-state index contributed by atoms with van der Waals surface area (Å²) in [4.78, 5) is 4.44. The van der Waals surface area contributed by atoms with E-state index in [1.165, 1.54) is 16.7 Å². The van der Waals surface area contributed by atoms with Gasteiger partial charge in [-0.05, 0) is 36.1 Å².